The van der Waals surface area contributed by atoms with Crippen molar-refractivity contribution in [1.29, 1.82) is 0 Å². The molecule has 1 aliphatic carbocycles. The van der Waals surface area contributed by atoms with Gasteiger partial charge in [0.1, 0.15) is 5.82 Å². The number of tetrazole rings is 1. The van der Waals surface area contributed by atoms with Crippen LogP contribution in [0.15, 0.2) is 18.2 Å². The van der Waals surface area contributed by atoms with E-state index in [-0.39, 0.29) is 23.4 Å². The van der Waals surface area contributed by atoms with E-state index in [9.17, 15) is 9.18 Å². The summed E-state index contributed by atoms with van der Waals surface area (Å²) in [4.78, 5) is 11.0. The lowest BCUT2D eigenvalue weighted by molar-refractivity contribution is -0.138. The van der Waals surface area contributed by atoms with Crippen LogP contribution in [0.2, 0.25) is 5.02 Å². The lowest BCUT2D eigenvalue weighted by Gasteiger charge is -2.16. The third kappa shape index (κ3) is 2.87. The minimum absolute atomic E-state index is 0.0540. The van der Waals surface area contributed by atoms with Gasteiger partial charge in [0.05, 0.1) is 17.5 Å². The number of carboxylic acids is 1. The molecule has 21 heavy (non-hydrogen) atoms. The normalized spacial score (nSPS) is 15.9. The molecule has 8 heteroatoms. The van der Waals surface area contributed by atoms with Gasteiger partial charge in [0, 0.05) is 5.56 Å². The van der Waals surface area contributed by atoms with Gasteiger partial charge in [-0.05, 0) is 47.4 Å². The van der Waals surface area contributed by atoms with Gasteiger partial charge in [0.25, 0.3) is 0 Å². The molecular weight excluding hydrogens is 299 g/mol. The number of rotatable bonds is 5. The van der Waals surface area contributed by atoms with Crippen molar-refractivity contribution in [3.8, 4) is 11.4 Å². The number of benzene rings is 1. The van der Waals surface area contributed by atoms with Crippen molar-refractivity contribution < 1.29 is 14.3 Å². The van der Waals surface area contributed by atoms with Crippen LogP contribution in [0.1, 0.15) is 25.3 Å². The summed E-state index contributed by atoms with van der Waals surface area (Å²) in [5.41, 5.74) is 0.485. The van der Waals surface area contributed by atoms with E-state index in [1.54, 1.807) is 0 Å². The van der Waals surface area contributed by atoms with Gasteiger partial charge in [0.15, 0.2) is 5.82 Å². The molecule has 0 aliphatic heterocycles. The highest BCUT2D eigenvalue weighted by Gasteiger charge is 2.36. The van der Waals surface area contributed by atoms with Gasteiger partial charge < -0.3 is 5.11 Å². The standard InChI is InChI=1S/C13H12ClFN4O2/c14-10-5-8(15)3-4-9(10)13-16-17-18-19(13)11(6-12(20)21)7-1-2-7/h3-5,7,11H,1-2,6H2,(H,20,21). The number of aliphatic carboxylic acids is 1. The molecule has 6 nitrogen and oxygen atoms in total. The topological polar surface area (TPSA) is 80.9 Å². The van der Waals surface area contributed by atoms with Gasteiger partial charge >= 0.3 is 5.97 Å². The summed E-state index contributed by atoms with van der Waals surface area (Å²) in [6.07, 6.45) is 1.85. The van der Waals surface area contributed by atoms with E-state index in [1.807, 2.05) is 0 Å². The number of halogens is 2. The van der Waals surface area contributed by atoms with Crippen LogP contribution in [0, 0.1) is 11.7 Å². The molecule has 1 aromatic heterocycles. The molecule has 0 amide bonds. The Balaban J connectivity index is 2.01. The Bertz CT molecular complexity index is 687. The van der Waals surface area contributed by atoms with Gasteiger partial charge in [-0.1, -0.05) is 11.6 Å². The van der Waals surface area contributed by atoms with Crippen LogP contribution >= 0.6 is 11.6 Å². The van der Waals surface area contributed by atoms with E-state index in [2.05, 4.69) is 15.5 Å². The van der Waals surface area contributed by atoms with Gasteiger partial charge in [-0.3, -0.25) is 4.79 Å². The average Bonchev–Trinajstić information content (AvgIpc) is 3.14. The summed E-state index contributed by atoms with van der Waals surface area (Å²) in [6.45, 7) is 0. The van der Waals surface area contributed by atoms with Crippen molar-refractivity contribution >= 4 is 17.6 Å². The molecule has 1 saturated carbocycles. The minimum atomic E-state index is -0.904. The fourth-order valence-electron chi connectivity index (χ4n) is 2.38. The van der Waals surface area contributed by atoms with Crippen LogP contribution in [0.4, 0.5) is 4.39 Å². The van der Waals surface area contributed by atoms with Crippen molar-refractivity contribution in [2.75, 3.05) is 0 Å². The smallest absolute Gasteiger partial charge is 0.305 e. The molecule has 1 heterocycles. The second-order valence-electron chi connectivity index (χ2n) is 5.07. The molecule has 0 saturated heterocycles. The Morgan fingerprint density at radius 3 is 2.90 bits per heavy atom. The Morgan fingerprint density at radius 1 is 1.52 bits per heavy atom. The maximum Gasteiger partial charge on any atom is 0.305 e. The third-order valence-electron chi connectivity index (χ3n) is 3.53. The molecule has 110 valence electrons. The van der Waals surface area contributed by atoms with Gasteiger partial charge in [-0.25, -0.2) is 9.07 Å². The van der Waals surface area contributed by atoms with Crippen LogP contribution in [-0.4, -0.2) is 31.3 Å². The highest BCUT2D eigenvalue weighted by Crippen LogP contribution is 2.42. The first-order valence-corrected chi connectivity index (χ1v) is 6.89. The lowest BCUT2D eigenvalue weighted by atomic mass is 10.1. The largest absolute Gasteiger partial charge is 0.481 e. The van der Waals surface area contributed by atoms with E-state index in [4.69, 9.17) is 16.7 Å². The minimum Gasteiger partial charge on any atom is -0.481 e. The Hall–Kier alpha value is -2.02. The number of carbonyl (C=O) groups is 1. The van der Waals surface area contributed by atoms with E-state index < -0.39 is 11.8 Å². The van der Waals surface area contributed by atoms with Crippen molar-refractivity contribution in [3.63, 3.8) is 0 Å². The van der Waals surface area contributed by atoms with Crippen LogP contribution in [0.25, 0.3) is 11.4 Å². The summed E-state index contributed by atoms with van der Waals surface area (Å²) in [7, 11) is 0. The van der Waals surface area contributed by atoms with E-state index >= 15 is 0 Å². The maximum atomic E-state index is 13.1. The van der Waals surface area contributed by atoms with Crippen LogP contribution in [0.5, 0.6) is 0 Å². The molecule has 1 fully saturated rings. The van der Waals surface area contributed by atoms with E-state index in [0.29, 0.717) is 11.4 Å². The van der Waals surface area contributed by atoms with Gasteiger partial charge in [-0.2, -0.15) is 0 Å². The molecular formula is C13H12ClFN4O2. The van der Waals surface area contributed by atoms with E-state index in [0.717, 1.165) is 12.8 Å². The summed E-state index contributed by atoms with van der Waals surface area (Å²) >= 11 is 6.03. The van der Waals surface area contributed by atoms with E-state index in [1.165, 1.54) is 22.9 Å². The predicted molar refractivity (Wildman–Crippen MR) is 72.2 cm³/mol. The molecule has 0 bridgehead atoms. The third-order valence-corrected chi connectivity index (χ3v) is 3.84. The number of nitrogens with zero attached hydrogens (tertiary/aromatic N) is 4. The fourth-order valence-corrected chi connectivity index (χ4v) is 2.63. The fraction of sp³-hybridized carbons (Fsp3) is 0.385. The zero-order valence-electron chi connectivity index (χ0n) is 10.9. The van der Waals surface area contributed by atoms with Crippen molar-refractivity contribution in [2.45, 2.75) is 25.3 Å². The zero-order valence-corrected chi connectivity index (χ0v) is 11.7. The molecule has 0 spiro atoms. The first kappa shape index (κ1) is 13.9. The van der Waals surface area contributed by atoms with Crippen molar-refractivity contribution in [2.24, 2.45) is 5.92 Å². The predicted octanol–water partition coefficient (Wildman–Crippen LogP) is 2.56. The lowest BCUT2D eigenvalue weighted by Crippen LogP contribution is -2.18. The second-order valence-corrected chi connectivity index (χ2v) is 5.48. The molecule has 3 rings (SSSR count). The average molecular weight is 311 g/mol. The Labute approximate surface area is 124 Å². The second kappa shape index (κ2) is 5.40. The molecule has 2 aromatic rings. The van der Waals surface area contributed by atoms with Crippen LogP contribution in [0.3, 0.4) is 0 Å². The first-order chi connectivity index (χ1) is 10.1. The molecule has 1 aliphatic rings. The molecule has 1 atom stereocenters. The Morgan fingerprint density at radius 2 is 2.29 bits per heavy atom. The number of aromatic nitrogens is 4. The molecule has 1 N–H and O–H groups in total. The molecule has 1 unspecified atom stereocenters. The maximum absolute atomic E-state index is 13.1. The van der Waals surface area contributed by atoms with Crippen molar-refractivity contribution in [1.82, 2.24) is 20.2 Å². The summed E-state index contributed by atoms with van der Waals surface area (Å²) in [6, 6.07) is 3.63. The highest BCUT2D eigenvalue weighted by molar-refractivity contribution is 6.33. The summed E-state index contributed by atoms with van der Waals surface area (Å²) in [5, 5.41) is 20.7. The van der Waals surface area contributed by atoms with Gasteiger partial charge in [-0.15, -0.1) is 5.10 Å². The SMILES string of the molecule is O=C(O)CC(C1CC1)n1nnnc1-c1ccc(F)cc1Cl. The molecule has 1 aromatic carbocycles. The summed E-state index contributed by atoms with van der Waals surface area (Å²) < 4.78 is 14.6. The van der Waals surface area contributed by atoms with Crippen LogP contribution in [-0.2, 0) is 4.79 Å². The Kier molecular flexibility index (Phi) is 3.59. The van der Waals surface area contributed by atoms with Crippen LogP contribution < -0.4 is 0 Å². The number of hydrogen-bond donors (Lipinski definition) is 1. The van der Waals surface area contributed by atoms with Gasteiger partial charge in [0.2, 0.25) is 0 Å². The first-order valence-electron chi connectivity index (χ1n) is 6.51. The number of carboxylic acid groups (broad SMARTS) is 1. The monoisotopic (exact) mass is 310 g/mol. The van der Waals surface area contributed by atoms with Crippen molar-refractivity contribution in [3.05, 3.63) is 29.0 Å². The zero-order chi connectivity index (χ0) is 15.0. The number of hydrogen-bond acceptors (Lipinski definition) is 4. The molecule has 0 radical (unpaired) electrons. The summed E-state index contributed by atoms with van der Waals surface area (Å²) in [5.74, 6) is -0.744. The quantitative estimate of drug-likeness (QED) is 0.918. The highest BCUT2D eigenvalue weighted by atomic mass is 35.5.